The zero-order valence-electron chi connectivity index (χ0n) is 10.3. The molecule has 0 aromatic heterocycles. The van der Waals surface area contributed by atoms with Crippen molar-refractivity contribution in [1.29, 1.82) is 0 Å². The first-order chi connectivity index (χ1) is 7.07. The van der Waals surface area contributed by atoms with Gasteiger partial charge >= 0.3 is 0 Å². The van der Waals surface area contributed by atoms with Crippen LogP contribution in [0.25, 0.3) is 0 Å². The molecule has 0 amide bonds. The van der Waals surface area contributed by atoms with Crippen molar-refractivity contribution in [3.8, 4) is 0 Å². The third kappa shape index (κ3) is 2.94. The fourth-order valence-electron chi connectivity index (χ4n) is 2.54. The Morgan fingerprint density at radius 1 is 0.933 bits per heavy atom. The second kappa shape index (κ2) is 4.42. The van der Waals surface area contributed by atoms with E-state index in [0.29, 0.717) is 5.92 Å². The molecule has 2 heteroatoms. The van der Waals surface area contributed by atoms with Gasteiger partial charge < -0.3 is 9.47 Å². The zero-order chi connectivity index (χ0) is 10.9. The number of rotatable bonds is 1. The largest absolute Gasteiger partial charge is 0.352 e. The highest BCUT2D eigenvalue weighted by molar-refractivity contribution is 4.77. The smallest absolute Gasteiger partial charge is 0.160 e. The number of hydrogen-bond acceptors (Lipinski definition) is 2. The number of ether oxygens (including phenoxy) is 2. The van der Waals surface area contributed by atoms with Crippen LogP contribution in [0, 0.1) is 17.3 Å². The molecule has 2 nitrogen and oxygen atoms in total. The van der Waals surface area contributed by atoms with E-state index in [-0.39, 0.29) is 11.7 Å². The first-order valence-corrected chi connectivity index (χ1v) is 6.30. The highest BCUT2D eigenvalue weighted by atomic mass is 16.7. The van der Waals surface area contributed by atoms with E-state index in [1.54, 1.807) is 0 Å². The standard InChI is InChI=1S/C13H24O2/c1-10-4-6-11(7-5-10)12-14-8-13(2,3)9-15-12/h10-12H,4-9H2,1-3H3. The van der Waals surface area contributed by atoms with E-state index in [2.05, 4.69) is 20.8 Å². The van der Waals surface area contributed by atoms with Crippen LogP contribution >= 0.6 is 0 Å². The van der Waals surface area contributed by atoms with Crippen molar-refractivity contribution in [3.63, 3.8) is 0 Å². The van der Waals surface area contributed by atoms with Gasteiger partial charge in [-0.1, -0.05) is 33.6 Å². The molecule has 0 atom stereocenters. The van der Waals surface area contributed by atoms with Crippen LogP contribution in [-0.2, 0) is 9.47 Å². The normalized spacial score (nSPS) is 37.8. The molecule has 1 aliphatic carbocycles. The fraction of sp³-hybridized carbons (Fsp3) is 1.00. The van der Waals surface area contributed by atoms with Crippen LogP contribution < -0.4 is 0 Å². The van der Waals surface area contributed by atoms with Gasteiger partial charge in [-0.05, 0) is 18.8 Å². The maximum atomic E-state index is 5.85. The van der Waals surface area contributed by atoms with E-state index in [0.717, 1.165) is 19.1 Å². The average Bonchev–Trinajstić information content (AvgIpc) is 2.20. The molecule has 0 N–H and O–H groups in total. The SMILES string of the molecule is CC1CCC(C2OCC(C)(C)CO2)CC1. The molecule has 0 aromatic carbocycles. The molecule has 2 fully saturated rings. The molecule has 2 rings (SSSR count). The molecule has 0 aromatic rings. The van der Waals surface area contributed by atoms with Gasteiger partial charge in [0.2, 0.25) is 0 Å². The summed E-state index contributed by atoms with van der Waals surface area (Å²) in [5, 5.41) is 0. The second-order valence-electron chi connectivity index (χ2n) is 6.17. The van der Waals surface area contributed by atoms with Crippen LogP contribution in [-0.4, -0.2) is 19.5 Å². The van der Waals surface area contributed by atoms with Crippen LogP contribution in [0.2, 0.25) is 0 Å². The zero-order valence-corrected chi connectivity index (χ0v) is 10.3. The molecule has 1 saturated heterocycles. The highest BCUT2D eigenvalue weighted by Crippen LogP contribution is 2.35. The molecular formula is C13H24O2. The monoisotopic (exact) mass is 212 g/mol. The van der Waals surface area contributed by atoms with Crippen molar-refractivity contribution in [2.45, 2.75) is 52.7 Å². The predicted octanol–water partition coefficient (Wildman–Crippen LogP) is 3.21. The Kier molecular flexibility index (Phi) is 3.36. The van der Waals surface area contributed by atoms with Crippen LogP contribution in [0.5, 0.6) is 0 Å². The van der Waals surface area contributed by atoms with E-state index in [9.17, 15) is 0 Å². The summed E-state index contributed by atoms with van der Waals surface area (Å²) < 4.78 is 11.7. The maximum Gasteiger partial charge on any atom is 0.160 e. The molecule has 0 radical (unpaired) electrons. The van der Waals surface area contributed by atoms with E-state index >= 15 is 0 Å². The first-order valence-electron chi connectivity index (χ1n) is 6.30. The third-order valence-corrected chi connectivity index (χ3v) is 3.72. The fourth-order valence-corrected chi connectivity index (χ4v) is 2.54. The summed E-state index contributed by atoms with van der Waals surface area (Å²) in [7, 11) is 0. The van der Waals surface area contributed by atoms with Gasteiger partial charge in [0, 0.05) is 11.3 Å². The lowest BCUT2D eigenvalue weighted by atomic mass is 9.82. The summed E-state index contributed by atoms with van der Waals surface area (Å²) >= 11 is 0. The lowest BCUT2D eigenvalue weighted by molar-refractivity contribution is -0.247. The summed E-state index contributed by atoms with van der Waals surface area (Å²) in [6, 6.07) is 0. The van der Waals surface area contributed by atoms with Crippen LogP contribution in [0.3, 0.4) is 0 Å². The summed E-state index contributed by atoms with van der Waals surface area (Å²) in [6.07, 6.45) is 5.35. The molecule has 0 bridgehead atoms. The van der Waals surface area contributed by atoms with Crippen molar-refractivity contribution in [3.05, 3.63) is 0 Å². The topological polar surface area (TPSA) is 18.5 Å². The van der Waals surface area contributed by atoms with Gasteiger partial charge in [0.1, 0.15) is 0 Å². The minimum Gasteiger partial charge on any atom is -0.352 e. The molecular weight excluding hydrogens is 188 g/mol. The molecule has 0 spiro atoms. The Morgan fingerprint density at radius 2 is 1.47 bits per heavy atom. The van der Waals surface area contributed by atoms with Crippen molar-refractivity contribution in [1.82, 2.24) is 0 Å². The van der Waals surface area contributed by atoms with E-state index in [1.807, 2.05) is 0 Å². The molecule has 1 heterocycles. The Morgan fingerprint density at radius 3 is 2.00 bits per heavy atom. The van der Waals surface area contributed by atoms with Gasteiger partial charge in [0.05, 0.1) is 13.2 Å². The molecule has 15 heavy (non-hydrogen) atoms. The molecule has 1 saturated carbocycles. The summed E-state index contributed by atoms with van der Waals surface area (Å²) in [6.45, 7) is 8.45. The maximum absolute atomic E-state index is 5.85. The van der Waals surface area contributed by atoms with E-state index in [4.69, 9.17) is 9.47 Å². The molecule has 2 aliphatic rings. The Bertz CT molecular complexity index is 195. The van der Waals surface area contributed by atoms with Crippen molar-refractivity contribution in [2.24, 2.45) is 17.3 Å². The van der Waals surface area contributed by atoms with Gasteiger partial charge in [-0.2, -0.15) is 0 Å². The minimum atomic E-state index is 0.0884. The average molecular weight is 212 g/mol. The summed E-state index contributed by atoms with van der Waals surface area (Å²) in [5.41, 5.74) is 0.207. The van der Waals surface area contributed by atoms with Gasteiger partial charge in [0.25, 0.3) is 0 Å². The molecule has 0 unspecified atom stereocenters. The summed E-state index contributed by atoms with van der Waals surface area (Å²) in [5.74, 6) is 1.55. The second-order valence-corrected chi connectivity index (χ2v) is 6.17. The Balaban J connectivity index is 1.80. The lowest BCUT2D eigenvalue weighted by Gasteiger charge is -2.40. The Hall–Kier alpha value is -0.0800. The van der Waals surface area contributed by atoms with Crippen molar-refractivity contribution >= 4 is 0 Å². The highest BCUT2D eigenvalue weighted by Gasteiger charge is 2.34. The van der Waals surface area contributed by atoms with Crippen molar-refractivity contribution in [2.75, 3.05) is 13.2 Å². The van der Waals surface area contributed by atoms with Gasteiger partial charge in [-0.25, -0.2) is 0 Å². The van der Waals surface area contributed by atoms with Gasteiger partial charge in [0.15, 0.2) is 6.29 Å². The third-order valence-electron chi connectivity index (χ3n) is 3.72. The number of hydrogen-bond donors (Lipinski definition) is 0. The van der Waals surface area contributed by atoms with Crippen LogP contribution in [0.15, 0.2) is 0 Å². The lowest BCUT2D eigenvalue weighted by Crippen LogP contribution is -2.42. The van der Waals surface area contributed by atoms with E-state index in [1.165, 1.54) is 25.7 Å². The van der Waals surface area contributed by atoms with Crippen LogP contribution in [0.4, 0.5) is 0 Å². The first kappa shape index (κ1) is 11.4. The molecule has 1 aliphatic heterocycles. The predicted molar refractivity (Wildman–Crippen MR) is 60.6 cm³/mol. The Labute approximate surface area is 93.3 Å². The van der Waals surface area contributed by atoms with Gasteiger partial charge in [-0.15, -0.1) is 0 Å². The van der Waals surface area contributed by atoms with E-state index < -0.39 is 0 Å². The quantitative estimate of drug-likeness (QED) is 0.664. The molecule has 88 valence electrons. The van der Waals surface area contributed by atoms with Crippen LogP contribution in [0.1, 0.15) is 46.5 Å². The summed E-state index contributed by atoms with van der Waals surface area (Å²) in [4.78, 5) is 0. The van der Waals surface area contributed by atoms with Gasteiger partial charge in [-0.3, -0.25) is 0 Å². The van der Waals surface area contributed by atoms with Crippen molar-refractivity contribution < 1.29 is 9.47 Å². The minimum absolute atomic E-state index is 0.0884.